The van der Waals surface area contributed by atoms with E-state index in [1.54, 1.807) is 12.5 Å². The first-order chi connectivity index (χ1) is 12.7. The van der Waals surface area contributed by atoms with Crippen molar-refractivity contribution in [3.8, 4) is 0 Å². The maximum atomic E-state index is 13.0. The topological polar surface area (TPSA) is 78.0 Å². The second-order valence-electron chi connectivity index (χ2n) is 7.38. The Morgan fingerprint density at radius 2 is 2.15 bits per heavy atom. The lowest BCUT2D eigenvalue weighted by molar-refractivity contribution is 0.0740. The summed E-state index contributed by atoms with van der Waals surface area (Å²) >= 11 is 1.39. The van der Waals surface area contributed by atoms with E-state index in [0.29, 0.717) is 6.54 Å². The van der Waals surface area contributed by atoms with Gasteiger partial charge in [0.15, 0.2) is 0 Å². The molecule has 1 saturated carbocycles. The highest BCUT2D eigenvalue weighted by Gasteiger charge is 2.48. The van der Waals surface area contributed by atoms with Crippen LogP contribution in [0.5, 0.6) is 0 Å². The van der Waals surface area contributed by atoms with Gasteiger partial charge in [0.25, 0.3) is 5.91 Å². The van der Waals surface area contributed by atoms with Gasteiger partial charge in [-0.2, -0.15) is 0 Å². The lowest BCUT2D eigenvalue weighted by Gasteiger charge is -2.25. The van der Waals surface area contributed by atoms with Gasteiger partial charge in [-0.05, 0) is 37.4 Å². The summed E-state index contributed by atoms with van der Waals surface area (Å²) in [6.45, 7) is 5.20. The molecule has 0 aromatic carbocycles. The van der Waals surface area contributed by atoms with Gasteiger partial charge in [0, 0.05) is 42.7 Å². The Morgan fingerprint density at radius 1 is 1.27 bits per heavy atom. The van der Waals surface area contributed by atoms with Gasteiger partial charge in [-0.3, -0.25) is 4.79 Å². The van der Waals surface area contributed by atoms with Gasteiger partial charge in [-0.15, -0.1) is 0 Å². The third-order valence-corrected chi connectivity index (χ3v) is 6.25. The van der Waals surface area contributed by atoms with E-state index in [1.807, 2.05) is 24.1 Å². The first-order valence-corrected chi connectivity index (χ1v) is 9.66. The number of hydrogen-bond acceptors (Lipinski definition) is 6. The molecule has 3 aromatic heterocycles. The molecule has 1 amide bonds. The normalized spacial score (nSPS) is 19.1. The van der Waals surface area contributed by atoms with Crippen molar-refractivity contribution in [1.29, 1.82) is 0 Å². The van der Waals surface area contributed by atoms with E-state index in [-0.39, 0.29) is 11.3 Å². The molecule has 3 aromatic rings. The smallest absolute Gasteiger partial charge is 0.256 e. The van der Waals surface area contributed by atoms with Crippen LogP contribution in [0.15, 0.2) is 24.8 Å². The molecule has 1 aliphatic carbocycles. The van der Waals surface area contributed by atoms with Crippen LogP contribution in [0.4, 0.5) is 5.82 Å². The molecule has 1 N–H and O–H groups in total. The molecule has 1 aliphatic heterocycles. The molecule has 0 radical (unpaired) electrons. The second kappa shape index (κ2) is 5.77. The largest absolute Gasteiger partial charge is 0.354 e. The first kappa shape index (κ1) is 15.7. The van der Waals surface area contributed by atoms with Gasteiger partial charge in [0.05, 0.1) is 17.1 Å². The molecule has 7 nitrogen and oxygen atoms in total. The molecule has 2 aliphatic rings. The molecule has 5 rings (SSSR count). The molecule has 0 unspecified atom stereocenters. The van der Waals surface area contributed by atoms with Gasteiger partial charge in [-0.25, -0.2) is 14.3 Å². The van der Waals surface area contributed by atoms with Crippen LogP contribution in [-0.2, 0) is 0 Å². The zero-order valence-corrected chi connectivity index (χ0v) is 15.4. The molecular formula is C18H20N6OS. The Bertz CT molecular complexity index is 975. The van der Waals surface area contributed by atoms with Crippen LogP contribution in [0.25, 0.3) is 11.0 Å². The van der Waals surface area contributed by atoms with Crippen molar-refractivity contribution in [2.45, 2.75) is 19.8 Å². The lowest BCUT2D eigenvalue weighted by Crippen LogP contribution is -2.36. The summed E-state index contributed by atoms with van der Waals surface area (Å²) in [4.78, 5) is 30.3. The Labute approximate surface area is 155 Å². The van der Waals surface area contributed by atoms with Crippen LogP contribution in [0.1, 0.15) is 28.1 Å². The number of carbonyl (C=O) groups is 1. The Kier molecular flexibility index (Phi) is 3.49. The van der Waals surface area contributed by atoms with E-state index in [4.69, 9.17) is 0 Å². The van der Waals surface area contributed by atoms with Crippen molar-refractivity contribution in [1.82, 2.24) is 24.2 Å². The Morgan fingerprint density at radius 3 is 2.92 bits per heavy atom. The molecule has 2 fully saturated rings. The molecular weight excluding hydrogens is 348 g/mol. The van der Waals surface area contributed by atoms with Crippen molar-refractivity contribution in [3.63, 3.8) is 0 Å². The summed E-state index contributed by atoms with van der Waals surface area (Å²) in [7, 11) is 0. The molecule has 0 atom stereocenters. The van der Waals surface area contributed by atoms with E-state index in [2.05, 4.69) is 24.2 Å². The zero-order valence-electron chi connectivity index (χ0n) is 14.6. The van der Waals surface area contributed by atoms with Crippen LogP contribution in [0.2, 0.25) is 0 Å². The summed E-state index contributed by atoms with van der Waals surface area (Å²) in [5.41, 5.74) is 1.79. The summed E-state index contributed by atoms with van der Waals surface area (Å²) in [5.74, 6) is 1.07. The number of aromatic amines is 1. The third kappa shape index (κ3) is 2.56. The highest BCUT2D eigenvalue weighted by Crippen LogP contribution is 2.48. The standard InChI is InChI=1S/C18H20N6OS/c1-12-14(8-22-26-12)17(25)24-7-6-23(9-18(10-24)3-4-18)16-13-2-5-19-15(13)20-11-21-16/h2,5,8,11H,3-4,6-7,9-10H2,1H3,(H,19,20,21). The minimum absolute atomic E-state index is 0.110. The van der Waals surface area contributed by atoms with Gasteiger partial charge in [0.2, 0.25) is 0 Å². The highest BCUT2D eigenvalue weighted by molar-refractivity contribution is 7.06. The maximum absolute atomic E-state index is 13.0. The van der Waals surface area contributed by atoms with Crippen molar-refractivity contribution in [2.75, 3.05) is 31.1 Å². The van der Waals surface area contributed by atoms with Crippen molar-refractivity contribution >= 4 is 34.3 Å². The van der Waals surface area contributed by atoms with Crippen LogP contribution in [0, 0.1) is 12.3 Å². The summed E-state index contributed by atoms with van der Waals surface area (Å²) < 4.78 is 4.17. The quantitative estimate of drug-likeness (QED) is 0.752. The van der Waals surface area contributed by atoms with E-state index >= 15 is 0 Å². The molecule has 134 valence electrons. The third-order valence-electron chi connectivity index (χ3n) is 5.55. The van der Waals surface area contributed by atoms with E-state index in [0.717, 1.165) is 59.8 Å². The Hall–Kier alpha value is -2.48. The Balaban J connectivity index is 1.45. The number of amides is 1. The van der Waals surface area contributed by atoms with Gasteiger partial charge >= 0.3 is 0 Å². The summed E-state index contributed by atoms with van der Waals surface area (Å²) in [5, 5.41) is 1.04. The average Bonchev–Trinajstić information content (AvgIpc) is 3.06. The highest BCUT2D eigenvalue weighted by atomic mass is 32.1. The van der Waals surface area contributed by atoms with Crippen molar-refractivity contribution < 1.29 is 4.79 Å². The van der Waals surface area contributed by atoms with Gasteiger partial charge < -0.3 is 14.8 Å². The number of anilines is 1. The fraction of sp³-hybridized carbons (Fsp3) is 0.444. The predicted molar refractivity (Wildman–Crippen MR) is 101 cm³/mol. The van der Waals surface area contributed by atoms with Crippen LogP contribution >= 0.6 is 11.5 Å². The second-order valence-corrected chi connectivity index (χ2v) is 8.39. The lowest BCUT2D eigenvalue weighted by atomic mass is 10.1. The molecule has 8 heteroatoms. The molecule has 26 heavy (non-hydrogen) atoms. The number of nitrogens with one attached hydrogen (secondary N) is 1. The van der Waals surface area contributed by atoms with E-state index in [9.17, 15) is 4.79 Å². The van der Waals surface area contributed by atoms with Crippen molar-refractivity contribution in [3.05, 3.63) is 35.2 Å². The maximum Gasteiger partial charge on any atom is 0.256 e. The summed E-state index contributed by atoms with van der Waals surface area (Å²) in [6, 6.07) is 2.03. The number of rotatable bonds is 2. The predicted octanol–water partition coefficient (Wildman–Crippen LogP) is 2.47. The number of fused-ring (bicyclic) bond motifs is 1. The van der Waals surface area contributed by atoms with Crippen LogP contribution < -0.4 is 4.90 Å². The number of aromatic nitrogens is 4. The SMILES string of the molecule is Cc1sncc1C(=O)N1CCN(c2ncnc3[nH]ccc23)CC2(CC2)C1. The fourth-order valence-electron chi connectivity index (χ4n) is 3.89. The molecule has 1 spiro atoms. The monoisotopic (exact) mass is 368 g/mol. The molecule has 1 saturated heterocycles. The number of H-pyrrole nitrogens is 1. The van der Waals surface area contributed by atoms with Gasteiger partial charge in [0.1, 0.15) is 17.8 Å². The minimum Gasteiger partial charge on any atom is -0.354 e. The number of carbonyl (C=O) groups excluding carboxylic acids is 1. The van der Waals surface area contributed by atoms with E-state index < -0.39 is 0 Å². The van der Waals surface area contributed by atoms with E-state index in [1.165, 1.54) is 11.5 Å². The average molecular weight is 368 g/mol. The van der Waals surface area contributed by atoms with Crippen LogP contribution in [-0.4, -0.2) is 56.3 Å². The number of hydrogen-bond donors (Lipinski definition) is 1. The molecule has 0 bridgehead atoms. The number of aryl methyl sites for hydroxylation is 1. The first-order valence-electron chi connectivity index (χ1n) is 8.89. The van der Waals surface area contributed by atoms with Crippen molar-refractivity contribution in [2.24, 2.45) is 5.41 Å². The minimum atomic E-state index is 0.110. The van der Waals surface area contributed by atoms with Gasteiger partial charge in [-0.1, -0.05) is 0 Å². The van der Waals surface area contributed by atoms with Crippen LogP contribution in [0.3, 0.4) is 0 Å². The molecule has 4 heterocycles. The zero-order chi connectivity index (χ0) is 17.7. The number of nitrogens with zero attached hydrogens (tertiary/aromatic N) is 5. The summed E-state index contributed by atoms with van der Waals surface area (Å²) in [6.07, 6.45) is 7.54. The fourth-order valence-corrected chi connectivity index (χ4v) is 4.45.